The van der Waals surface area contributed by atoms with Gasteiger partial charge in [-0.3, -0.25) is 10.1 Å². The van der Waals surface area contributed by atoms with Crippen LogP contribution in [0.4, 0.5) is 35.0 Å². The van der Waals surface area contributed by atoms with E-state index in [1.54, 1.807) is 18.2 Å². The van der Waals surface area contributed by atoms with Gasteiger partial charge in [0.25, 0.3) is 5.91 Å². The van der Waals surface area contributed by atoms with Crippen LogP contribution in [0, 0.1) is 0 Å². The molecule has 0 saturated carbocycles. The average molecular weight is 364 g/mol. The minimum Gasteiger partial charge on any atom is -0.382 e. The molecule has 6 nitrogen and oxygen atoms in total. The second-order valence-corrected chi connectivity index (χ2v) is 5.60. The summed E-state index contributed by atoms with van der Waals surface area (Å²) < 4.78 is 37.5. The molecule has 1 heterocycles. The van der Waals surface area contributed by atoms with Crippen LogP contribution in [0.2, 0.25) is 0 Å². The Labute approximate surface area is 146 Å². The summed E-state index contributed by atoms with van der Waals surface area (Å²) in [5.74, 6) is -0.621. The molecule has 0 radical (unpaired) electrons. The van der Waals surface area contributed by atoms with E-state index in [2.05, 4.69) is 21.3 Å². The number of fused-ring (bicyclic) bond motifs is 1. The van der Waals surface area contributed by atoms with E-state index in [0.29, 0.717) is 6.54 Å². The molecule has 136 valence electrons. The van der Waals surface area contributed by atoms with Crippen LogP contribution in [-0.4, -0.2) is 25.0 Å². The molecule has 0 bridgehead atoms. The Morgan fingerprint density at radius 3 is 2.23 bits per heavy atom. The number of nitrogens with one attached hydrogen (secondary N) is 4. The molecule has 0 aliphatic carbocycles. The first-order valence-corrected chi connectivity index (χ1v) is 7.74. The van der Waals surface area contributed by atoms with Crippen molar-refractivity contribution in [2.75, 3.05) is 29.0 Å². The zero-order valence-electron chi connectivity index (χ0n) is 13.4. The van der Waals surface area contributed by atoms with E-state index in [-0.39, 0.29) is 11.3 Å². The number of benzene rings is 2. The first kappa shape index (κ1) is 17.6. The normalized spacial score (nSPS) is 13.0. The van der Waals surface area contributed by atoms with Crippen LogP contribution in [0.25, 0.3) is 0 Å². The summed E-state index contributed by atoms with van der Waals surface area (Å²) in [5, 5.41) is 10.8. The maximum atomic E-state index is 12.5. The minimum atomic E-state index is -4.45. The SMILES string of the molecule is O=C(NC(=O)c1ccc2c(c1)NCCN2)Nc1ccc(C(F)(F)F)cc1. The van der Waals surface area contributed by atoms with E-state index < -0.39 is 23.7 Å². The molecule has 1 aliphatic heterocycles. The lowest BCUT2D eigenvalue weighted by Crippen LogP contribution is -2.34. The molecular weight excluding hydrogens is 349 g/mol. The maximum absolute atomic E-state index is 12.5. The van der Waals surface area contributed by atoms with E-state index in [1.807, 2.05) is 0 Å². The van der Waals surface area contributed by atoms with Gasteiger partial charge in [-0.2, -0.15) is 13.2 Å². The molecule has 1 aliphatic rings. The molecule has 26 heavy (non-hydrogen) atoms. The van der Waals surface area contributed by atoms with Gasteiger partial charge in [-0.15, -0.1) is 0 Å². The summed E-state index contributed by atoms with van der Waals surface area (Å²) in [4.78, 5) is 24.0. The number of hydrogen-bond acceptors (Lipinski definition) is 4. The highest BCUT2D eigenvalue weighted by Gasteiger charge is 2.30. The number of anilines is 3. The molecule has 2 aromatic rings. The third-order valence-electron chi connectivity index (χ3n) is 3.73. The number of amides is 3. The van der Waals surface area contributed by atoms with Crippen LogP contribution in [-0.2, 0) is 6.18 Å². The van der Waals surface area contributed by atoms with Gasteiger partial charge >= 0.3 is 12.2 Å². The fraction of sp³-hybridized carbons (Fsp3) is 0.176. The molecule has 3 amide bonds. The molecule has 3 rings (SSSR count). The van der Waals surface area contributed by atoms with E-state index in [0.717, 1.165) is 42.2 Å². The zero-order chi connectivity index (χ0) is 18.7. The van der Waals surface area contributed by atoms with Crippen molar-refractivity contribution in [3.8, 4) is 0 Å². The maximum Gasteiger partial charge on any atom is 0.416 e. The van der Waals surface area contributed by atoms with Crippen molar-refractivity contribution < 1.29 is 22.8 Å². The summed E-state index contributed by atoms with van der Waals surface area (Å²) in [7, 11) is 0. The Kier molecular flexibility index (Phi) is 4.70. The van der Waals surface area contributed by atoms with E-state index in [9.17, 15) is 22.8 Å². The lowest BCUT2D eigenvalue weighted by molar-refractivity contribution is -0.137. The number of carbonyl (C=O) groups is 2. The Hall–Kier alpha value is -3.23. The Bertz CT molecular complexity index is 835. The molecule has 2 aromatic carbocycles. The molecule has 0 unspecified atom stereocenters. The van der Waals surface area contributed by atoms with Crippen LogP contribution >= 0.6 is 0 Å². The van der Waals surface area contributed by atoms with Gasteiger partial charge in [0.05, 0.1) is 16.9 Å². The third-order valence-corrected chi connectivity index (χ3v) is 3.73. The second kappa shape index (κ2) is 6.95. The van der Waals surface area contributed by atoms with Crippen LogP contribution in [0.1, 0.15) is 15.9 Å². The fourth-order valence-corrected chi connectivity index (χ4v) is 2.46. The predicted octanol–water partition coefficient (Wildman–Crippen LogP) is 3.50. The van der Waals surface area contributed by atoms with Crippen molar-refractivity contribution in [1.29, 1.82) is 0 Å². The van der Waals surface area contributed by atoms with Crippen LogP contribution < -0.4 is 21.3 Å². The van der Waals surface area contributed by atoms with Gasteiger partial charge in [0.1, 0.15) is 0 Å². The molecule has 4 N–H and O–H groups in total. The summed E-state index contributed by atoms with van der Waals surface area (Å²) >= 11 is 0. The first-order chi connectivity index (χ1) is 12.3. The van der Waals surface area contributed by atoms with Gasteiger partial charge in [0.15, 0.2) is 0 Å². The van der Waals surface area contributed by atoms with Crippen molar-refractivity contribution in [3.05, 3.63) is 53.6 Å². The van der Waals surface area contributed by atoms with E-state index >= 15 is 0 Å². The molecule has 0 spiro atoms. The Morgan fingerprint density at radius 1 is 0.923 bits per heavy atom. The Morgan fingerprint density at radius 2 is 1.58 bits per heavy atom. The van der Waals surface area contributed by atoms with Crippen molar-refractivity contribution >= 4 is 29.0 Å². The topological polar surface area (TPSA) is 82.3 Å². The number of alkyl halides is 3. The summed E-state index contributed by atoms with van der Waals surface area (Å²) in [6, 6.07) is 7.99. The van der Waals surface area contributed by atoms with Gasteiger partial charge < -0.3 is 16.0 Å². The lowest BCUT2D eigenvalue weighted by atomic mass is 10.1. The number of carbonyl (C=O) groups excluding carboxylic acids is 2. The van der Waals surface area contributed by atoms with Crippen LogP contribution in [0.15, 0.2) is 42.5 Å². The molecular formula is C17H15F3N4O2. The number of hydrogen-bond donors (Lipinski definition) is 4. The number of imide groups is 1. The number of halogens is 3. The average Bonchev–Trinajstić information content (AvgIpc) is 2.61. The highest BCUT2D eigenvalue weighted by atomic mass is 19.4. The largest absolute Gasteiger partial charge is 0.416 e. The lowest BCUT2D eigenvalue weighted by Gasteiger charge is -2.20. The summed E-state index contributed by atoms with van der Waals surface area (Å²) in [6.07, 6.45) is -4.45. The first-order valence-electron chi connectivity index (χ1n) is 7.74. The Balaban J connectivity index is 1.62. The minimum absolute atomic E-state index is 0.139. The molecule has 0 saturated heterocycles. The molecule has 0 fully saturated rings. The standard InChI is InChI=1S/C17H15F3N4O2/c18-17(19,20)11-2-4-12(5-3-11)23-16(26)24-15(25)10-1-6-13-14(9-10)22-8-7-21-13/h1-6,9,21-22H,7-8H2,(H2,23,24,25,26). The van der Waals surface area contributed by atoms with Gasteiger partial charge in [0, 0.05) is 24.3 Å². The quantitative estimate of drug-likeness (QED) is 0.657. The third kappa shape index (κ3) is 4.05. The summed E-state index contributed by atoms with van der Waals surface area (Å²) in [5.41, 5.74) is 1.21. The monoisotopic (exact) mass is 364 g/mol. The molecule has 0 atom stereocenters. The zero-order valence-corrected chi connectivity index (χ0v) is 13.4. The highest BCUT2D eigenvalue weighted by Crippen LogP contribution is 2.29. The summed E-state index contributed by atoms with van der Waals surface area (Å²) in [6.45, 7) is 1.49. The van der Waals surface area contributed by atoms with E-state index in [4.69, 9.17) is 0 Å². The van der Waals surface area contributed by atoms with Crippen molar-refractivity contribution in [3.63, 3.8) is 0 Å². The van der Waals surface area contributed by atoms with Gasteiger partial charge in [-0.25, -0.2) is 4.79 Å². The highest BCUT2D eigenvalue weighted by molar-refractivity contribution is 6.08. The predicted molar refractivity (Wildman–Crippen MR) is 91.4 cm³/mol. The molecule has 9 heteroatoms. The smallest absolute Gasteiger partial charge is 0.382 e. The van der Waals surface area contributed by atoms with Crippen molar-refractivity contribution in [2.45, 2.75) is 6.18 Å². The fourth-order valence-electron chi connectivity index (χ4n) is 2.46. The molecule has 0 aromatic heterocycles. The van der Waals surface area contributed by atoms with Gasteiger partial charge in [0.2, 0.25) is 0 Å². The van der Waals surface area contributed by atoms with Crippen molar-refractivity contribution in [2.24, 2.45) is 0 Å². The van der Waals surface area contributed by atoms with Gasteiger partial charge in [-0.05, 0) is 42.5 Å². The number of rotatable bonds is 2. The van der Waals surface area contributed by atoms with Crippen LogP contribution in [0.3, 0.4) is 0 Å². The number of urea groups is 1. The van der Waals surface area contributed by atoms with Crippen molar-refractivity contribution in [1.82, 2.24) is 5.32 Å². The van der Waals surface area contributed by atoms with Crippen LogP contribution in [0.5, 0.6) is 0 Å². The van der Waals surface area contributed by atoms with Gasteiger partial charge in [-0.1, -0.05) is 0 Å². The second-order valence-electron chi connectivity index (χ2n) is 5.60. The van der Waals surface area contributed by atoms with E-state index in [1.165, 1.54) is 0 Å².